The van der Waals surface area contributed by atoms with Crippen molar-refractivity contribution in [3.05, 3.63) is 88.5 Å². The van der Waals surface area contributed by atoms with Gasteiger partial charge >= 0.3 is 10.1 Å². The molecule has 0 aliphatic rings. The second-order valence-corrected chi connectivity index (χ2v) is 8.36. The van der Waals surface area contributed by atoms with E-state index in [2.05, 4.69) is 10.0 Å². The maximum Gasteiger partial charge on any atom is 0.339 e. The number of nitrogens with one attached hydrogen (secondary N) is 2. The predicted molar refractivity (Wildman–Crippen MR) is 116 cm³/mol. The molecule has 12 heteroatoms. The molecule has 0 fully saturated rings. The summed E-state index contributed by atoms with van der Waals surface area (Å²) < 4.78 is 52.7. The van der Waals surface area contributed by atoms with E-state index in [-0.39, 0.29) is 28.4 Å². The molecule has 0 bridgehead atoms. The highest BCUT2D eigenvalue weighted by Gasteiger charge is 2.27. The van der Waals surface area contributed by atoms with Crippen molar-refractivity contribution in [2.75, 3.05) is 10.0 Å². The monoisotopic (exact) mass is 463 g/mol. The molecule has 0 aliphatic carbocycles. The van der Waals surface area contributed by atoms with Gasteiger partial charge in [0.1, 0.15) is 10.6 Å². The molecule has 0 aromatic heterocycles. The highest BCUT2D eigenvalue weighted by molar-refractivity contribution is 7.87. The molecule has 3 aromatic rings. The van der Waals surface area contributed by atoms with E-state index in [0.717, 1.165) is 0 Å². The maximum absolute atomic E-state index is 12.8. The zero-order chi connectivity index (χ0) is 22.4. The Morgan fingerprint density at radius 1 is 0.968 bits per heavy atom. The van der Waals surface area contributed by atoms with Gasteiger partial charge in [0.15, 0.2) is 0 Å². The smallest absolute Gasteiger partial charge is 0.339 e. The van der Waals surface area contributed by atoms with E-state index >= 15 is 0 Å². The third-order valence-corrected chi connectivity index (χ3v) is 5.83. The van der Waals surface area contributed by atoms with Crippen LogP contribution in [0.25, 0.3) is 0 Å². The number of hydrogen-bond donors (Lipinski definition) is 3. The average molecular weight is 463 g/mol. The maximum atomic E-state index is 12.8. The van der Waals surface area contributed by atoms with Crippen molar-refractivity contribution in [1.29, 1.82) is 0 Å². The number of para-hydroxylation sites is 1. The average Bonchev–Trinajstić information content (AvgIpc) is 2.73. The van der Waals surface area contributed by atoms with E-state index in [0.29, 0.717) is 11.4 Å². The van der Waals surface area contributed by atoms with Gasteiger partial charge in [0, 0.05) is 24.0 Å². The van der Waals surface area contributed by atoms with E-state index in [1.807, 2.05) is 0 Å². The number of anilines is 2. The second kappa shape index (κ2) is 9.55. The fourth-order valence-corrected chi connectivity index (χ4v) is 4.25. The molecule has 3 N–H and O–H groups in total. The SMILES string of the molecule is O=[N+]([O-])c1cccc(S(=O)(=O)Oc2ccccc2)c1CNc1ccc(NS(=O)O)cc1. The molecule has 0 heterocycles. The molecule has 31 heavy (non-hydrogen) atoms. The van der Waals surface area contributed by atoms with Gasteiger partial charge in [-0.25, -0.2) is 4.21 Å². The summed E-state index contributed by atoms with van der Waals surface area (Å²) in [6, 6.07) is 17.7. The van der Waals surface area contributed by atoms with Crippen LogP contribution in [0.4, 0.5) is 17.1 Å². The molecule has 162 valence electrons. The fraction of sp³-hybridized carbons (Fsp3) is 0.0526. The lowest BCUT2D eigenvalue weighted by atomic mass is 10.1. The van der Waals surface area contributed by atoms with Crippen LogP contribution < -0.4 is 14.2 Å². The van der Waals surface area contributed by atoms with Crippen LogP contribution in [-0.2, 0) is 27.9 Å². The molecule has 3 rings (SSSR count). The van der Waals surface area contributed by atoms with E-state index in [4.69, 9.17) is 8.74 Å². The van der Waals surface area contributed by atoms with Crippen molar-refractivity contribution in [2.24, 2.45) is 0 Å². The van der Waals surface area contributed by atoms with Gasteiger partial charge in [-0.1, -0.05) is 24.3 Å². The molecule has 0 saturated heterocycles. The topological polar surface area (TPSA) is 148 Å². The number of benzene rings is 3. The van der Waals surface area contributed by atoms with Crippen molar-refractivity contribution in [1.82, 2.24) is 0 Å². The minimum atomic E-state index is -4.34. The molecule has 0 amide bonds. The summed E-state index contributed by atoms with van der Waals surface area (Å²) in [7, 11) is -4.34. The van der Waals surface area contributed by atoms with Gasteiger partial charge in [-0.15, -0.1) is 0 Å². The Kier molecular flexibility index (Phi) is 6.84. The van der Waals surface area contributed by atoms with Gasteiger partial charge in [0.05, 0.1) is 10.5 Å². The van der Waals surface area contributed by atoms with E-state index in [1.165, 1.54) is 42.5 Å². The fourth-order valence-electron chi connectivity index (χ4n) is 2.73. The van der Waals surface area contributed by atoms with Crippen LogP contribution in [0.3, 0.4) is 0 Å². The number of nitro benzene ring substituents is 1. The first-order valence-corrected chi connectivity index (χ1v) is 11.2. The Labute approximate surface area is 180 Å². The van der Waals surface area contributed by atoms with E-state index in [1.54, 1.807) is 30.3 Å². The lowest BCUT2D eigenvalue weighted by Gasteiger charge is -2.13. The third-order valence-electron chi connectivity index (χ3n) is 4.08. The lowest BCUT2D eigenvalue weighted by Crippen LogP contribution is -2.15. The molecule has 10 nitrogen and oxygen atoms in total. The highest BCUT2D eigenvalue weighted by Crippen LogP contribution is 2.29. The third kappa shape index (κ3) is 5.78. The minimum absolute atomic E-state index is 0.0675. The lowest BCUT2D eigenvalue weighted by molar-refractivity contribution is -0.385. The molecular weight excluding hydrogens is 446 g/mol. The largest absolute Gasteiger partial charge is 0.381 e. The molecular formula is C19H17N3O7S2. The van der Waals surface area contributed by atoms with Crippen LogP contribution in [-0.4, -0.2) is 22.1 Å². The normalized spacial score (nSPS) is 12.0. The van der Waals surface area contributed by atoms with Gasteiger partial charge < -0.3 is 9.50 Å². The van der Waals surface area contributed by atoms with Crippen LogP contribution in [0.2, 0.25) is 0 Å². The van der Waals surface area contributed by atoms with Gasteiger partial charge in [0.25, 0.3) is 17.0 Å². The standard InChI is InChI=1S/C19H17N3O7S2/c23-22(24)18-7-4-8-19(31(27,28)29-16-5-2-1-3-6-16)17(18)13-20-14-9-11-15(12-10-14)21-30(25)26/h1-12,20-21H,13H2,(H,25,26). The first kappa shape index (κ1) is 22.2. The van der Waals surface area contributed by atoms with Crippen LogP contribution in [0.5, 0.6) is 5.75 Å². The molecule has 0 saturated carbocycles. The Bertz CT molecular complexity index is 1200. The zero-order valence-corrected chi connectivity index (χ0v) is 17.4. The van der Waals surface area contributed by atoms with Crippen LogP contribution in [0.1, 0.15) is 5.56 Å². The van der Waals surface area contributed by atoms with E-state index in [9.17, 15) is 22.7 Å². The van der Waals surface area contributed by atoms with Gasteiger partial charge in [-0.2, -0.15) is 8.42 Å². The van der Waals surface area contributed by atoms with Crippen LogP contribution >= 0.6 is 0 Å². The Balaban J connectivity index is 1.90. The Morgan fingerprint density at radius 3 is 2.23 bits per heavy atom. The van der Waals surface area contributed by atoms with E-state index < -0.39 is 26.3 Å². The quantitative estimate of drug-likeness (QED) is 0.189. The molecule has 0 aliphatic heterocycles. The zero-order valence-electron chi connectivity index (χ0n) is 15.8. The molecule has 1 unspecified atom stereocenters. The summed E-state index contributed by atoms with van der Waals surface area (Å²) in [6.07, 6.45) is 0. The van der Waals surface area contributed by atoms with Crippen molar-refractivity contribution in [2.45, 2.75) is 11.4 Å². The molecule has 3 aromatic carbocycles. The highest BCUT2D eigenvalue weighted by atomic mass is 32.2. The van der Waals surface area contributed by atoms with Crippen molar-refractivity contribution >= 4 is 38.4 Å². The van der Waals surface area contributed by atoms with Gasteiger partial charge in [0.2, 0.25) is 0 Å². The number of nitrogens with zero attached hydrogens (tertiary/aromatic N) is 1. The first-order valence-electron chi connectivity index (χ1n) is 8.73. The van der Waals surface area contributed by atoms with Crippen molar-refractivity contribution < 1.29 is 26.3 Å². The van der Waals surface area contributed by atoms with Gasteiger partial charge in [-0.3, -0.25) is 19.4 Å². The minimum Gasteiger partial charge on any atom is -0.381 e. The molecule has 1 atom stereocenters. The number of nitro groups is 1. The number of hydrogen-bond acceptors (Lipinski definition) is 7. The Morgan fingerprint density at radius 2 is 1.61 bits per heavy atom. The first-order chi connectivity index (χ1) is 14.8. The summed E-state index contributed by atoms with van der Waals surface area (Å²) in [6.45, 7) is -0.178. The van der Waals surface area contributed by atoms with Crippen LogP contribution in [0, 0.1) is 10.1 Å². The predicted octanol–water partition coefficient (Wildman–Crippen LogP) is 3.52. The van der Waals surface area contributed by atoms with Crippen molar-refractivity contribution in [3.8, 4) is 5.75 Å². The summed E-state index contributed by atoms with van der Waals surface area (Å²) in [5.41, 5.74) is 0.456. The molecule has 0 radical (unpaired) electrons. The molecule has 0 spiro atoms. The summed E-state index contributed by atoms with van der Waals surface area (Å²) >= 11 is -2.22. The second-order valence-electron chi connectivity index (χ2n) is 6.14. The van der Waals surface area contributed by atoms with Crippen LogP contribution in [0.15, 0.2) is 77.7 Å². The Hall–Kier alpha value is -3.48. The summed E-state index contributed by atoms with van der Waals surface area (Å²) in [5.74, 6) is 0.0808. The van der Waals surface area contributed by atoms with Crippen molar-refractivity contribution in [3.63, 3.8) is 0 Å². The summed E-state index contributed by atoms with van der Waals surface area (Å²) in [5, 5.41) is 14.4. The van der Waals surface area contributed by atoms with Gasteiger partial charge in [-0.05, 0) is 42.5 Å². The number of rotatable bonds is 9. The summed E-state index contributed by atoms with van der Waals surface area (Å²) in [4.78, 5) is 10.5.